The Morgan fingerprint density at radius 1 is 0.840 bits per heavy atom. The van der Waals surface area contributed by atoms with Crippen molar-refractivity contribution in [2.75, 3.05) is 44.2 Å². The molecular formula is C39H38F3N5O3. The van der Waals surface area contributed by atoms with Gasteiger partial charge in [-0.15, -0.1) is 0 Å². The first-order chi connectivity index (χ1) is 24.2. The Hall–Kier alpha value is -5.16. The fourth-order valence-electron chi connectivity index (χ4n) is 7.23. The van der Waals surface area contributed by atoms with Gasteiger partial charge in [0.2, 0.25) is 5.91 Å². The summed E-state index contributed by atoms with van der Waals surface area (Å²) in [6, 6.07) is 30.0. The molecule has 3 heterocycles. The molecule has 0 unspecified atom stereocenters. The number of carbonyl (C=O) groups excluding carboxylic acids is 1. The van der Waals surface area contributed by atoms with Gasteiger partial charge < -0.3 is 15.0 Å². The molecule has 11 heteroatoms. The lowest BCUT2D eigenvalue weighted by Crippen LogP contribution is -2.49. The number of nitrogens with zero attached hydrogens (tertiary/aromatic N) is 4. The molecule has 2 aliphatic heterocycles. The van der Waals surface area contributed by atoms with Crippen LogP contribution in [0.15, 0.2) is 108 Å². The minimum absolute atomic E-state index is 0.119. The predicted molar refractivity (Wildman–Crippen MR) is 187 cm³/mol. The van der Waals surface area contributed by atoms with Gasteiger partial charge in [-0.3, -0.25) is 14.5 Å². The molecule has 4 aromatic carbocycles. The summed E-state index contributed by atoms with van der Waals surface area (Å²) in [6.07, 6.45) is -1.07. The molecule has 0 aliphatic carbocycles. The number of halogens is 3. The molecule has 5 aromatic rings. The first-order valence-corrected chi connectivity index (χ1v) is 16.9. The number of aromatic nitrogens is 2. The summed E-state index contributed by atoms with van der Waals surface area (Å²) < 4.78 is 47.4. The van der Waals surface area contributed by atoms with Crippen LogP contribution in [-0.4, -0.2) is 66.0 Å². The average molecular weight is 682 g/mol. The molecule has 0 atom stereocenters. The van der Waals surface area contributed by atoms with Gasteiger partial charge in [-0.25, -0.2) is 4.68 Å². The molecule has 0 saturated carbocycles. The van der Waals surface area contributed by atoms with Crippen LogP contribution in [0, 0.1) is 0 Å². The zero-order chi connectivity index (χ0) is 34.7. The second kappa shape index (κ2) is 14.0. The van der Waals surface area contributed by atoms with Gasteiger partial charge in [0.1, 0.15) is 23.5 Å². The summed E-state index contributed by atoms with van der Waals surface area (Å²) in [7, 11) is 0. The molecule has 2 aliphatic rings. The van der Waals surface area contributed by atoms with Crippen molar-refractivity contribution in [3.63, 3.8) is 0 Å². The number of hydrogen-bond acceptors (Lipinski definition) is 6. The normalized spacial score (nSPS) is 15.6. The minimum atomic E-state index is -4.53. The number of fused-ring (bicyclic) bond motifs is 3. The number of rotatable bonds is 10. The molecule has 8 nitrogen and oxygen atoms in total. The average Bonchev–Trinajstić information content (AvgIpc) is 3.13. The standard InChI is InChI=1S/C39H38F3N5O3/c40-39(41,42)27-43-37(49)38(32-12-4-6-14-34(32)50-35-15-7-5-13-33(35)38)18-8-9-19-45-20-22-46(23-21-45)30-17-16-29-25-44-47(36(48)31(29)24-30)26-28-10-2-1-3-11-28/h1-7,10-17,24-25H,8-9,18-23,26-27H2,(H,43,49). The molecule has 1 N–H and O–H groups in total. The van der Waals surface area contributed by atoms with Crippen molar-refractivity contribution in [2.24, 2.45) is 0 Å². The van der Waals surface area contributed by atoms with Gasteiger partial charge in [-0.05, 0) is 49.2 Å². The highest BCUT2D eigenvalue weighted by Gasteiger charge is 2.48. The number of hydrogen-bond donors (Lipinski definition) is 1. The number of amides is 1. The van der Waals surface area contributed by atoms with E-state index in [0.717, 1.165) is 55.8 Å². The van der Waals surface area contributed by atoms with Gasteiger partial charge in [0.15, 0.2) is 0 Å². The molecule has 1 saturated heterocycles. The van der Waals surface area contributed by atoms with Crippen molar-refractivity contribution in [3.05, 3.63) is 130 Å². The summed E-state index contributed by atoms with van der Waals surface area (Å²) in [6.45, 7) is 3.02. The van der Waals surface area contributed by atoms with Crippen molar-refractivity contribution >= 4 is 22.4 Å². The number of ether oxygens (including phenoxy) is 1. The van der Waals surface area contributed by atoms with E-state index < -0.39 is 24.0 Å². The van der Waals surface area contributed by atoms with Crippen molar-refractivity contribution < 1.29 is 22.7 Å². The van der Waals surface area contributed by atoms with Crippen LogP contribution in [0.5, 0.6) is 11.5 Å². The molecule has 50 heavy (non-hydrogen) atoms. The van der Waals surface area contributed by atoms with Gasteiger partial charge >= 0.3 is 6.18 Å². The van der Waals surface area contributed by atoms with Crippen molar-refractivity contribution in [2.45, 2.75) is 37.4 Å². The van der Waals surface area contributed by atoms with Crippen LogP contribution in [0.25, 0.3) is 10.8 Å². The highest BCUT2D eigenvalue weighted by molar-refractivity contribution is 5.94. The van der Waals surface area contributed by atoms with E-state index in [1.54, 1.807) is 54.7 Å². The SMILES string of the molecule is O=C(NCC(F)(F)F)C1(CCCCN2CCN(c3ccc4cnn(Cc5ccccc5)c(=O)c4c3)CC2)c2ccccc2Oc2ccccc21. The van der Waals surface area contributed by atoms with Crippen LogP contribution < -0.4 is 20.5 Å². The Morgan fingerprint density at radius 2 is 1.50 bits per heavy atom. The number of benzene rings is 4. The molecule has 0 radical (unpaired) electrons. The van der Waals surface area contributed by atoms with Gasteiger partial charge in [0.25, 0.3) is 5.56 Å². The van der Waals surface area contributed by atoms with Gasteiger partial charge in [0.05, 0.1) is 18.1 Å². The van der Waals surface area contributed by atoms with Crippen LogP contribution in [0.1, 0.15) is 36.0 Å². The molecule has 0 bridgehead atoms. The number of nitrogens with one attached hydrogen (secondary N) is 1. The number of carbonyl (C=O) groups is 1. The van der Waals surface area contributed by atoms with Gasteiger partial charge in [0, 0.05) is 48.4 Å². The Morgan fingerprint density at radius 3 is 2.18 bits per heavy atom. The lowest BCUT2D eigenvalue weighted by atomic mass is 9.68. The highest BCUT2D eigenvalue weighted by atomic mass is 19.4. The lowest BCUT2D eigenvalue weighted by Gasteiger charge is -2.39. The second-order valence-corrected chi connectivity index (χ2v) is 12.9. The third-order valence-electron chi connectivity index (χ3n) is 9.78. The Balaban J connectivity index is 1.01. The Labute approximate surface area is 288 Å². The minimum Gasteiger partial charge on any atom is -0.457 e. The molecule has 0 spiro atoms. The summed E-state index contributed by atoms with van der Waals surface area (Å²) >= 11 is 0. The van der Waals surface area contributed by atoms with Crippen molar-refractivity contribution in [1.29, 1.82) is 0 Å². The fraction of sp³-hybridized carbons (Fsp3) is 0.308. The number of unbranched alkanes of at least 4 members (excludes halogenated alkanes) is 1. The van der Waals surface area contributed by atoms with E-state index in [1.807, 2.05) is 48.5 Å². The molecule has 1 aromatic heterocycles. The highest BCUT2D eigenvalue weighted by Crippen LogP contribution is 2.50. The molecule has 258 valence electrons. The molecule has 1 amide bonds. The number of para-hydroxylation sites is 2. The smallest absolute Gasteiger partial charge is 0.405 e. The number of piperazine rings is 1. The molecule has 7 rings (SSSR count). The van der Waals surface area contributed by atoms with Gasteiger partial charge in [-0.1, -0.05) is 79.2 Å². The maximum Gasteiger partial charge on any atom is 0.405 e. The van der Waals surface area contributed by atoms with E-state index >= 15 is 0 Å². The predicted octanol–water partition coefficient (Wildman–Crippen LogP) is 6.51. The topological polar surface area (TPSA) is 79.7 Å². The first kappa shape index (κ1) is 33.3. The van der Waals surface area contributed by atoms with Crippen molar-refractivity contribution in [1.82, 2.24) is 20.0 Å². The van der Waals surface area contributed by atoms with E-state index in [4.69, 9.17) is 4.74 Å². The van der Waals surface area contributed by atoms with E-state index in [2.05, 4.69) is 20.2 Å². The van der Waals surface area contributed by atoms with Crippen LogP contribution in [0.4, 0.5) is 18.9 Å². The Kier molecular flexibility index (Phi) is 9.33. The maximum atomic E-state index is 13.9. The van der Waals surface area contributed by atoms with Crippen molar-refractivity contribution in [3.8, 4) is 11.5 Å². The summed E-state index contributed by atoms with van der Waals surface area (Å²) in [5, 5.41) is 8.02. The van der Waals surface area contributed by atoms with Crippen LogP contribution in [-0.2, 0) is 16.8 Å². The van der Waals surface area contributed by atoms with E-state index in [9.17, 15) is 22.8 Å². The molecule has 1 fully saturated rings. The van der Waals surface area contributed by atoms with E-state index in [-0.39, 0.29) is 5.56 Å². The summed E-state index contributed by atoms with van der Waals surface area (Å²) in [5.41, 5.74) is 1.72. The van der Waals surface area contributed by atoms with E-state index in [1.165, 1.54) is 4.68 Å². The quantitative estimate of drug-likeness (QED) is 0.170. The first-order valence-electron chi connectivity index (χ1n) is 16.9. The van der Waals surface area contributed by atoms with Crippen LogP contribution in [0.3, 0.4) is 0 Å². The largest absolute Gasteiger partial charge is 0.457 e. The zero-order valence-electron chi connectivity index (χ0n) is 27.5. The van der Waals surface area contributed by atoms with Crippen LogP contribution >= 0.6 is 0 Å². The maximum absolute atomic E-state index is 13.9. The van der Waals surface area contributed by atoms with Crippen LogP contribution in [0.2, 0.25) is 0 Å². The lowest BCUT2D eigenvalue weighted by molar-refractivity contribution is -0.141. The Bertz CT molecular complexity index is 2000. The third-order valence-corrected chi connectivity index (χ3v) is 9.78. The molecular weight excluding hydrogens is 643 g/mol. The second-order valence-electron chi connectivity index (χ2n) is 12.9. The number of anilines is 1. The zero-order valence-corrected chi connectivity index (χ0v) is 27.5. The van der Waals surface area contributed by atoms with E-state index in [0.29, 0.717) is 47.4 Å². The number of alkyl halides is 3. The third kappa shape index (κ3) is 6.82. The summed E-state index contributed by atoms with van der Waals surface area (Å²) in [5.74, 6) is 0.277. The van der Waals surface area contributed by atoms with Gasteiger partial charge in [-0.2, -0.15) is 18.3 Å². The fourth-order valence-corrected chi connectivity index (χ4v) is 7.23. The monoisotopic (exact) mass is 681 g/mol. The summed E-state index contributed by atoms with van der Waals surface area (Å²) in [4.78, 5) is 31.9.